The summed E-state index contributed by atoms with van der Waals surface area (Å²) < 4.78 is 0. The van der Waals surface area contributed by atoms with Crippen LogP contribution in [0.25, 0.3) is 0 Å². The largest absolute Gasteiger partial charge is 0.313 e. The number of nitrogens with zero attached hydrogens (tertiary/aromatic N) is 3. The van der Waals surface area contributed by atoms with Crippen LogP contribution in [0.1, 0.15) is 50.4 Å². The molecule has 1 aromatic heterocycles. The van der Waals surface area contributed by atoms with E-state index in [1.165, 1.54) is 11.1 Å². The Hall–Kier alpha value is -2.73. The van der Waals surface area contributed by atoms with Gasteiger partial charge in [0.1, 0.15) is 5.41 Å². The zero-order valence-corrected chi connectivity index (χ0v) is 19.4. The number of aromatic nitrogens is 1. The van der Waals surface area contributed by atoms with E-state index < -0.39 is 5.41 Å². The fraction of sp³-hybridized carbons (Fsp3) is 0.480. The van der Waals surface area contributed by atoms with Gasteiger partial charge in [-0.1, -0.05) is 12.1 Å². The summed E-state index contributed by atoms with van der Waals surface area (Å²) in [6, 6.07) is 10.2. The van der Waals surface area contributed by atoms with Crippen LogP contribution in [0.2, 0.25) is 0 Å². The molecular formula is C25H34N4O2. The zero-order valence-electron chi connectivity index (χ0n) is 19.4. The molecule has 2 aromatic rings. The molecule has 1 N–H and O–H groups in total. The summed E-state index contributed by atoms with van der Waals surface area (Å²) in [5, 5.41) is 3.49. The van der Waals surface area contributed by atoms with Crippen molar-refractivity contribution in [3.05, 3.63) is 53.3 Å². The molecule has 0 fully saturated rings. The van der Waals surface area contributed by atoms with Crippen LogP contribution < -0.4 is 15.1 Å². The van der Waals surface area contributed by atoms with Crippen molar-refractivity contribution >= 4 is 23.2 Å². The van der Waals surface area contributed by atoms with Crippen molar-refractivity contribution in [3.8, 4) is 0 Å². The first kappa shape index (κ1) is 22.9. The lowest BCUT2D eigenvalue weighted by Gasteiger charge is -2.27. The molecule has 31 heavy (non-hydrogen) atoms. The highest BCUT2D eigenvalue weighted by molar-refractivity contribution is 6.19. The normalized spacial score (nSPS) is 15.8. The molecule has 0 bridgehead atoms. The Morgan fingerprint density at radius 1 is 1.06 bits per heavy atom. The maximum Gasteiger partial charge on any atom is 0.242 e. The zero-order chi connectivity index (χ0) is 22.6. The van der Waals surface area contributed by atoms with Gasteiger partial charge in [-0.2, -0.15) is 0 Å². The second kappa shape index (κ2) is 9.60. The number of unbranched alkanes of at least 4 members (excludes halogenated alkanes) is 1. The van der Waals surface area contributed by atoms with Crippen LogP contribution in [0, 0.1) is 12.3 Å². The molecule has 0 aliphatic carbocycles. The summed E-state index contributed by atoms with van der Waals surface area (Å²) >= 11 is 0. The highest BCUT2D eigenvalue weighted by atomic mass is 16.2. The van der Waals surface area contributed by atoms with E-state index in [4.69, 9.17) is 0 Å². The average Bonchev–Trinajstić information content (AvgIpc) is 2.81. The van der Waals surface area contributed by atoms with Gasteiger partial charge in [-0.3, -0.25) is 14.6 Å². The standard InChI is InChI=1S/C25H34N4O2/c1-6-29-21-13-12-19(16-22(21)28(5)23(30)25(3,4)24(29)31)10-7-8-14-26-17-20-11-9-15-27-18(20)2/h9,11-13,15-16,26H,6-8,10,14,17H2,1-5H3. The van der Waals surface area contributed by atoms with E-state index in [0.29, 0.717) is 6.54 Å². The van der Waals surface area contributed by atoms with Crippen LogP contribution in [0.3, 0.4) is 0 Å². The summed E-state index contributed by atoms with van der Waals surface area (Å²) in [6.45, 7) is 9.73. The maximum absolute atomic E-state index is 13.0. The smallest absolute Gasteiger partial charge is 0.242 e. The third-order valence-corrected chi connectivity index (χ3v) is 6.13. The molecule has 1 aromatic carbocycles. The van der Waals surface area contributed by atoms with Crippen molar-refractivity contribution in [2.45, 2.75) is 53.5 Å². The van der Waals surface area contributed by atoms with Crippen molar-refractivity contribution in [2.75, 3.05) is 29.9 Å². The number of pyridine rings is 1. The molecule has 0 atom stereocenters. The number of fused-ring (bicyclic) bond motifs is 1. The Morgan fingerprint density at radius 3 is 2.55 bits per heavy atom. The van der Waals surface area contributed by atoms with Crippen LogP contribution in [0.5, 0.6) is 0 Å². The summed E-state index contributed by atoms with van der Waals surface area (Å²) in [7, 11) is 1.77. The van der Waals surface area contributed by atoms with E-state index in [2.05, 4.69) is 28.5 Å². The molecule has 0 spiro atoms. The number of amides is 2. The second-order valence-corrected chi connectivity index (χ2v) is 8.74. The summed E-state index contributed by atoms with van der Waals surface area (Å²) in [4.78, 5) is 33.6. The molecule has 166 valence electrons. The highest BCUT2D eigenvalue weighted by Crippen LogP contribution is 2.38. The van der Waals surface area contributed by atoms with Gasteiger partial charge in [0.25, 0.3) is 0 Å². The lowest BCUT2D eigenvalue weighted by atomic mass is 9.90. The molecule has 3 rings (SSSR count). The number of nitrogens with one attached hydrogen (secondary N) is 1. The Balaban J connectivity index is 1.61. The molecule has 1 aliphatic rings. The molecule has 6 nitrogen and oxygen atoms in total. The van der Waals surface area contributed by atoms with E-state index in [-0.39, 0.29) is 11.8 Å². The highest BCUT2D eigenvalue weighted by Gasteiger charge is 2.45. The minimum absolute atomic E-state index is 0.145. The molecule has 2 amide bonds. The van der Waals surface area contributed by atoms with Gasteiger partial charge in [-0.05, 0) is 82.8 Å². The first-order valence-electron chi connectivity index (χ1n) is 11.1. The number of carbonyl (C=O) groups is 2. The Labute approximate surface area is 185 Å². The number of aryl methyl sites for hydroxylation is 2. The van der Waals surface area contributed by atoms with Gasteiger partial charge in [0.15, 0.2) is 0 Å². The number of benzene rings is 1. The van der Waals surface area contributed by atoms with E-state index in [9.17, 15) is 9.59 Å². The van der Waals surface area contributed by atoms with Gasteiger partial charge >= 0.3 is 0 Å². The van der Waals surface area contributed by atoms with Gasteiger partial charge in [-0.15, -0.1) is 0 Å². The molecule has 6 heteroatoms. The minimum atomic E-state index is -1.07. The minimum Gasteiger partial charge on any atom is -0.313 e. The van der Waals surface area contributed by atoms with Crippen LogP contribution in [-0.2, 0) is 22.6 Å². The first-order valence-corrected chi connectivity index (χ1v) is 11.1. The van der Waals surface area contributed by atoms with Gasteiger partial charge in [-0.25, -0.2) is 0 Å². The molecule has 0 saturated carbocycles. The van der Waals surface area contributed by atoms with Crippen molar-refractivity contribution in [1.29, 1.82) is 0 Å². The van der Waals surface area contributed by atoms with E-state index in [1.54, 1.807) is 30.7 Å². The quantitative estimate of drug-likeness (QED) is 0.518. The van der Waals surface area contributed by atoms with Crippen molar-refractivity contribution in [1.82, 2.24) is 10.3 Å². The number of anilines is 2. The van der Waals surface area contributed by atoms with Crippen molar-refractivity contribution in [3.63, 3.8) is 0 Å². The summed E-state index contributed by atoms with van der Waals surface area (Å²) in [5.41, 5.74) is 4.05. The maximum atomic E-state index is 13.0. The van der Waals surface area contributed by atoms with Gasteiger partial charge < -0.3 is 15.1 Å². The topological polar surface area (TPSA) is 65.5 Å². The molecule has 2 heterocycles. The molecule has 0 radical (unpaired) electrons. The summed E-state index contributed by atoms with van der Waals surface area (Å²) in [6.07, 6.45) is 4.88. The van der Waals surface area contributed by atoms with E-state index in [0.717, 1.165) is 49.4 Å². The number of rotatable bonds is 8. The second-order valence-electron chi connectivity index (χ2n) is 8.74. The third-order valence-electron chi connectivity index (χ3n) is 6.13. The lowest BCUT2D eigenvalue weighted by Crippen LogP contribution is -2.47. The number of carbonyl (C=O) groups excluding carboxylic acids is 2. The predicted octanol–water partition coefficient (Wildman–Crippen LogP) is 3.86. The Kier molecular flexibility index (Phi) is 7.11. The lowest BCUT2D eigenvalue weighted by molar-refractivity contribution is -0.137. The summed E-state index contributed by atoms with van der Waals surface area (Å²) in [5.74, 6) is -0.310. The Bertz CT molecular complexity index is 954. The van der Waals surface area contributed by atoms with Gasteiger partial charge in [0, 0.05) is 32.0 Å². The van der Waals surface area contributed by atoms with Gasteiger partial charge in [0.2, 0.25) is 11.8 Å². The van der Waals surface area contributed by atoms with Gasteiger partial charge in [0.05, 0.1) is 11.4 Å². The first-order chi connectivity index (χ1) is 14.8. The molecule has 1 aliphatic heterocycles. The number of hydrogen-bond acceptors (Lipinski definition) is 4. The van der Waals surface area contributed by atoms with Crippen LogP contribution in [-0.4, -0.2) is 36.9 Å². The van der Waals surface area contributed by atoms with E-state index in [1.807, 2.05) is 32.2 Å². The van der Waals surface area contributed by atoms with E-state index >= 15 is 0 Å². The predicted molar refractivity (Wildman–Crippen MR) is 125 cm³/mol. The van der Waals surface area contributed by atoms with Crippen LogP contribution in [0.15, 0.2) is 36.5 Å². The molecular weight excluding hydrogens is 388 g/mol. The fourth-order valence-corrected chi connectivity index (χ4v) is 4.11. The van der Waals surface area contributed by atoms with Crippen LogP contribution >= 0.6 is 0 Å². The van der Waals surface area contributed by atoms with Crippen molar-refractivity contribution < 1.29 is 9.59 Å². The Morgan fingerprint density at radius 2 is 1.84 bits per heavy atom. The fourth-order valence-electron chi connectivity index (χ4n) is 4.11. The third kappa shape index (κ3) is 4.79. The number of hydrogen-bond donors (Lipinski definition) is 1. The average molecular weight is 423 g/mol. The van der Waals surface area contributed by atoms with Crippen molar-refractivity contribution in [2.24, 2.45) is 5.41 Å². The molecule has 0 saturated heterocycles. The molecule has 0 unspecified atom stereocenters. The van der Waals surface area contributed by atoms with Crippen LogP contribution in [0.4, 0.5) is 11.4 Å². The monoisotopic (exact) mass is 422 g/mol. The SMILES string of the molecule is CCN1C(=O)C(C)(C)C(=O)N(C)c2cc(CCCCNCc3cccnc3C)ccc21.